The molecule has 0 aromatic carbocycles. The lowest BCUT2D eigenvalue weighted by Crippen LogP contribution is -2.38. The van der Waals surface area contributed by atoms with Gasteiger partial charge in [0.15, 0.2) is 0 Å². The van der Waals surface area contributed by atoms with E-state index in [1.165, 1.54) is 6.20 Å². The first-order chi connectivity index (χ1) is 15.1. The number of nitrogens with one attached hydrogen (secondary N) is 2. The van der Waals surface area contributed by atoms with Gasteiger partial charge in [-0.25, -0.2) is 9.97 Å². The van der Waals surface area contributed by atoms with E-state index in [9.17, 15) is 9.59 Å². The second kappa shape index (κ2) is 10.9. The second-order valence-corrected chi connectivity index (χ2v) is 7.57. The molecule has 0 aliphatic carbocycles. The Morgan fingerprint density at radius 1 is 0.969 bits per heavy atom. The van der Waals surface area contributed by atoms with E-state index >= 15 is 0 Å². The van der Waals surface area contributed by atoms with Gasteiger partial charge in [0.25, 0.3) is 5.91 Å². The highest BCUT2D eigenvalue weighted by Gasteiger charge is 2.26. The largest absolute Gasteiger partial charge is 0.371 e. The van der Waals surface area contributed by atoms with Crippen LogP contribution in [0.15, 0.2) is 61.2 Å². The van der Waals surface area contributed by atoms with Crippen molar-refractivity contribution in [1.29, 1.82) is 0 Å². The first-order valence-corrected chi connectivity index (χ1v) is 10.3. The van der Waals surface area contributed by atoms with Crippen LogP contribution < -0.4 is 15.5 Å². The zero-order valence-corrected chi connectivity index (χ0v) is 18.6. The normalized spacial score (nSPS) is 13.7. The number of piperidine rings is 1. The van der Waals surface area contributed by atoms with Crippen LogP contribution in [-0.2, 0) is 4.79 Å². The molecular formula is C22H22Cl2N6O2. The predicted octanol–water partition coefficient (Wildman–Crippen LogP) is 4.05. The Balaban J connectivity index is 0.00000289. The summed E-state index contributed by atoms with van der Waals surface area (Å²) in [6.07, 6.45) is 7.98. The van der Waals surface area contributed by atoms with Crippen LogP contribution in [0.4, 0.5) is 17.2 Å². The van der Waals surface area contributed by atoms with E-state index in [1.807, 2.05) is 12.1 Å². The molecule has 10 heteroatoms. The Hall–Kier alpha value is -3.23. The van der Waals surface area contributed by atoms with Gasteiger partial charge >= 0.3 is 0 Å². The SMILES string of the molecule is Cl.O=C(Nc1ccc(Cl)nc1)c1cccnc1NC(=O)C1CCN(c2ccncc2)CC1. The molecule has 2 amide bonds. The maximum absolute atomic E-state index is 12.8. The van der Waals surface area contributed by atoms with Gasteiger partial charge in [-0.2, -0.15) is 0 Å². The first-order valence-electron chi connectivity index (χ1n) is 9.94. The van der Waals surface area contributed by atoms with Crippen molar-refractivity contribution in [3.8, 4) is 0 Å². The number of nitrogens with zero attached hydrogens (tertiary/aromatic N) is 4. The molecule has 1 aliphatic heterocycles. The van der Waals surface area contributed by atoms with Crippen molar-refractivity contribution in [1.82, 2.24) is 15.0 Å². The lowest BCUT2D eigenvalue weighted by molar-refractivity contribution is -0.120. The van der Waals surface area contributed by atoms with Crippen LogP contribution in [0.3, 0.4) is 0 Å². The number of pyridine rings is 3. The fraction of sp³-hybridized carbons (Fsp3) is 0.227. The Bertz CT molecular complexity index is 1060. The number of aromatic nitrogens is 3. The van der Waals surface area contributed by atoms with Gasteiger partial charge in [-0.05, 0) is 49.2 Å². The molecule has 0 spiro atoms. The lowest BCUT2D eigenvalue weighted by atomic mass is 9.95. The first kappa shape index (κ1) is 23.4. The predicted molar refractivity (Wildman–Crippen MR) is 126 cm³/mol. The lowest BCUT2D eigenvalue weighted by Gasteiger charge is -2.32. The molecule has 0 atom stereocenters. The van der Waals surface area contributed by atoms with Crippen LogP contribution in [0.5, 0.6) is 0 Å². The number of rotatable bonds is 5. The molecule has 4 rings (SSSR count). The Kier molecular flexibility index (Phi) is 7.97. The minimum atomic E-state index is -0.389. The van der Waals surface area contributed by atoms with Gasteiger partial charge < -0.3 is 15.5 Å². The molecule has 1 aliphatic rings. The summed E-state index contributed by atoms with van der Waals surface area (Å²) in [7, 11) is 0. The van der Waals surface area contributed by atoms with Crippen molar-refractivity contribution in [2.45, 2.75) is 12.8 Å². The summed E-state index contributed by atoms with van der Waals surface area (Å²) in [4.78, 5) is 40.0. The number of halogens is 2. The highest BCUT2D eigenvalue weighted by Crippen LogP contribution is 2.24. The smallest absolute Gasteiger partial charge is 0.259 e. The third-order valence-electron chi connectivity index (χ3n) is 5.17. The van der Waals surface area contributed by atoms with Gasteiger partial charge in [0, 0.05) is 43.3 Å². The van der Waals surface area contributed by atoms with Crippen molar-refractivity contribution < 1.29 is 9.59 Å². The summed E-state index contributed by atoms with van der Waals surface area (Å²) in [5, 5.41) is 5.91. The number of carbonyl (C=O) groups excluding carboxylic acids is 2. The van der Waals surface area contributed by atoms with E-state index in [0.29, 0.717) is 10.8 Å². The van der Waals surface area contributed by atoms with Crippen LogP contribution in [0.1, 0.15) is 23.2 Å². The van der Waals surface area contributed by atoms with Crippen molar-refractivity contribution in [3.63, 3.8) is 0 Å². The molecule has 1 fully saturated rings. The maximum atomic E-state index is 12.8. The van der Waals surface area contributed by atoms with Gasteiger partial charge in [0.1, 0.15) is 11.0 Å². The van der Waals surface area contributed by atoms with Crippen LogP contribution in [0.2, 0.25) is 5.15 Å². The summed E-state index contributed by atoms with van der Waals surface area (Å²) < 4.78 is 0. The standard InChI is InChI=1S/C22H21ClN6O2.ClH/c23-19-4-3-16(14-26-19)27-22(31)18-2-1-9-25-20(18)28-21(30)15-7-12-29(13-8-15)17-5-10-24-11-6-17;/h1-6,9-11,14-15H,7-8,12-13H2,(H,27,31)(H,25,28,30);1H. The Morgan fingerprint density at radius 3 is 2.41 bits per heavy atom. The second-order valence-electron chi connectivity index (χ2n) is 7.18. The number of hydrogen-bond acceptors (Lipinski definition) is 6. The third-order valence-corrected chi connectivity index (χ3v) is 5.40. The Labute approximate surface area is 196 Å². The molecule has 0 bridgehead atoms. The molecule has 8 nitrogen and oxygen atoms in total. The zero-order valence-electron chi connectivity index (χ0n) is 17.1. The molecule has 3 aromatic heterocycles. The van der Waals surface area contributed by atoms with E-state index in [2.05, 4.69) is 30.5 Å². The van der Waals surface area contributed by atoms with Crippen molar-refractivity contribution >= 4 is 53.0 Å². The average Bonchev–Trinajstić information content (AvgIpc) is 2.81. The molecule has 0 unspecified atom stereocenters. The monoisotopic (exact) mass is 472 g/mol. The number of amides is 2. The number of carbonyl (C=O) groups is 2. The van der Waals surface area contributed by atoms with E-state index in [-0.39, 0.29) is 41.5 Å². The molecule has 32 heavy (non-hydrogen) atoms. The van der Waals surface area contributed by atoms with Gasteiger partial charge in [0.2, 0.25) is 5.91 Å². The summed E-state index contributed by atoms with van der Waals surface area (Å²) >= 11 is 5.78. The maximum Gasteiger partial charge on any atom is 0.259 e. The minimum absolute atomic E-state index is 0. The number of anilines is 3. The summed E-state index contributed by atoms with van der Waals surface area (Å²) in [6, 6.07) is 10.4. The molecule has 0 saturated carbocycles. The molecule has 4 heterocycles. The molecule has 2 N–H and O–H groups in total. The van der Waals surface area contributed by atoms with E-state index < -0.39 is 0 Å². The van der Waals surface area contributed by atoms with E-state index in [1.54, 1.807) is 42.9 Å². The van der Waals surface area contributed by atoms with Gasteiger partial charge in [0.05, 0.1) is 17.4 Å². The highest BCUT2D eigenvalue weighted by atomic mass is 35.5. The summed E-state index contributed by atoms with van der Waals surface area (Å²) in [5.41, 5.74) is 1.88. The van der Waals surface area contributed by atoms with Gasteiger partial charge in [-0.1, -0.05) is 11.6 Å². The fourth-order valence-corrected chi connectivity index (χ4v) is 3.62. The fourth-order valence-electron chi connectivity index (χ4n) is 3.51. The molecule has 1 saturated heterocycles. The van der Waals surface area contributed by atoms with Crippen LogP contribution in [0, 0.1) is 5.92 Å². The van der Waals surface area contributed by atoms with Crippen LogP contribution in [-0.4, -0.2) is 39.9 Å². The molecule has 166 valence electrons. The van der Waals surface area contributed by atoms with Crippen LogP contribution >= 0.6 is 24.0 Å². The zero-order chi connectivity index (χ0) is 21.6. The molecule has 3 aromatic rings. The van der Waals surface area contributed by atoms with Crippen molar-refractivity contribution in [3.05, 3.63) is 71.9 Å². The summed E-state index contributed by atoms with van der Waals surface area (Å²) in [5.74, 6) is -0.421. The number of hydrogen-bond donors (Lipinski definition) is 2. The Morgan fingerprint density at radius 2 is 1.72 bits per heavy atom. The van der Waals surface area contributed by atoms with Crippen LogP contribution in [0.25, 0.3) is 0 Å². The van der Waals surface area contributed by atoms with Gasteiger partial charge in [-0.3, -0.25) is 14.6 Å². The topological polar surface area (TPSA) is 100 Å². The minimum Gasteiger partial charge on any atom is -0.371 e. The summed E-state index contributed by atoms with van der Waals surface area (Å²) in [6.45, 7) is 1.56. The molecule has 0 radical (unpaired) electrons. The van der Waals surface area contributed by atoms with Crippen molar-refractivity contribution in [2.75, 3.05) is 28.6 Å². The van der Waals surface area contributed by atoms with E-state index in [0.717, 1.165) is 31.6 Å². The average molecular weight is 473 g/mol. The third kappa shape index (κ3) is 5.72. The molecular weight excluding hydrogens is 451 g/mol. The highest BCUT2D eigenvalue weighted by molar-refractivity contribution is 6.29. The quantitative estimate of drug-likeness (QED) is 0.543. The van der Waals surface area contributed by atoms with E-state index in [4.69, 9.17) is 11.6 Å². The van der Waals surface area contributed by atoms with Crippen molar-refractivity contribution in [2.24, 2.45) is 5.92 Å². The van der Waals surface area contributed by atoms with Gasteiger partial charge in [-0.15, -0.1) is 12.4 Å².